The van der Waals surface area contributed by atoms with E-state index in [9.17, 15) is 13.2 Å². The van der Waals surface area contributed by atoms with Crippen LogP contribution in [-0.2, 0) is 20.7 Å². The number of benzene rings is 2. The molecule has 1 atom stereocenters. The minimum absolute atomic E-state index is 0.132. The second kappa shape index (κ2) is 9.02. The highest BCUT2D eigenvalue weighted by Gasteiger charge is 2.41. The van der Waals surface area contributed by atoms with Gasteiger partial charge in [-0.15, -0.1) is 0 Å². The van der Waals surface area contributed by atoms with Gasteiger partial charge < -0.3 is 10.1 Å². The summed E-state index contributed by atoms with van der Waals surface area (Å²) in [5.41, 5.74) is 1.90. The molecule has 1 N–H and O–H groups in total. The third-order valence-electron chi connectivity index (χ3n) is 5.92. The van der Waals surface area contributed by atoms with Crippen LogP contribution >= 0.6 is 0 Å². The summed E-state index contributed by atoms with van der Waals surface area (Å²) in [5, 5.41) is 3.31. The van der Waals surface area contributed by atoms with Gasteiger partial charge in [0.05, 0.1) is 12.2 Å². The molecule has 2 aromatic rings. The van der Waals surface area contributed by atoms with Crippen molar-refractivity contribution in [1.29, 1.82) is 0 Å². The number of alkyl halides is 3. The molecule has 1 saturated heterocycles. The average Bonchev–Trinajstić information content (AvgIpc) is 2.98. The summed E-state index contributed by atoms with van der Waals surface area (Å²) in [6, 6.07) is 15.1. The van der Waals surface area contributed by atoms with Gasteiger partial charge in [-0.2, -0.15) is 13.2 Å². The molecule has 1 saturated carbocycles. The molecule has 1 unspecified atom stereocenters. The summed E-state index contributed by atoms with van der Waals surface area (Å²) in [5.74, 6) is -0.788. The Balaban J connectivity index is 1.30. The van der Waals surface area contributed by atoms with E-state index in [0.717, 1.165) is 36.1 Å². The fourth-order valence-corrected chi connectivity index (χ4v) is 4.06. The number of anilines is 1. The maximum absolute atomic E-state index is 12.7. The maximum Gasteiger partial charge on any atom is 0.416 e. The molecule has 1 heterocycles. The van der Waals surface area contributed by atoms with Gasteiger partial charge in [0, 0.05) is 31.0 Å². The molecule has 166 valence electrons. The zero-order valence-electron chi connectivity index (χ0n) is 17.2. The van der Waals surface area contributed by atoms with Crippen LogP contribution in [0.3, 0.4) is 0 Å². The van der Waals surface area contributed by atoms with Crippen LogP contribution in [0, 0.1) is 0 Å². The van der Waals surface area contributed by atoms with Crippen molar-refractivity contribution in [2.75, 3.05) is 11.9 Å². The average molecular weight is 433 g/mol. The van der Waals surface area contributed by atoms with E-state index in [-0.39, 0.29) is 12.1 Å². The Hall–Kier alpha value is -2.35. The van der Waals surface area contributed by atoms with Crippen LogP contribution in [0.1, 0.15) is 43.2 Å². The number of nitrogens with one attached hydrogen (secondary N) is 1. The molecule has 2 aromatic carbocycles. The molecule has 1 aliphatic heterocycles. The first-order valence-electron chi connectivity index (χ1n) is 10.5. The Morgan fingerprint density at radius 1 is 0.968 bits per heavy atom. The maximum atomic E-state index is 12.7. The van der Waals surface area contributed by atoms with Crippen molar-refractivity contribution in [1.82, 2.24) is 0 Å². The van der Waals surface area contributed by atoms with Crippen LogP contribution in [0.25, 0.3) is 5.57 Å². The lowest BCUT2D eigenvalue weighted by Gasteiger charge is -2.37. The molecule has 0 bridgehead atoms. The van der Waals surface area contributed by atoms with Crippen LogP contribution in [0.5, 0.6) is 0 Å². The lowest BCUT2D eigenvalue weighted by atomic mass is 9.90. The van der Waals surface area contributed by atoms with Crippen molar-refractivity contribution in [2.45, 2.75) is 56.2 Å². The molecule has 31 heavy (non-hydrogen) atoms. The van der Waals surface area contributed by atoms with Crippen LogP contribution in [0.15, 0.2) is 61.2 Å². The fourth-order valence-electron chi connectivity index (χ4n) is 4.06. The molecular formula is C24H26F3NO3. The predicted molar refractivity (Wildman–Crippen MR) is 112 cm³/mol. The Morgan fingerprint density at radius 2 is 1.65 bits per heavy atom. The molecule has 4 rings (SSSR count). The molecule has 2 aliphatic rings. The second-order valence-electron chi connectivity index (χ2n) is 8.10. The quantitative estimate of drug-likeness (QED) is 0.582. The van der Waals surface area contributed by atoms with Crippen LogP contribution in [0.4, 0.5) is 18.9 Å². The molecule has 4 nitrogen and oxygen atoms in total. The number of rotatable bonds is 4. The van der Waals surface area contributed by atoms with Crippen LogP contribution in [0.2, 0.25) is 0 Å². The number of hydrogen-bond acceptors (Lipinski definition) is 4. The summed E-state index contributed by atoms with van der Waals surface area (Å²) in [7, 11) is 0. The first kappa shape index (κ1) is 21.9. The van der Waals surface area contributed by atoms with E-state index in [4.69, 9.17) is 14.5 Å². The number of halogens is 3. The van der Waals surface area contributed by atoms with E-state index in [0.29, 0.717) is 31.6 Å². The highest BCUT2D eigenvalue weighted by atomic mass is 19.4. The van der Waals surface area contributed by atoms with Gasteiger partial charge in [-0.05, 0) is 48.2 Å². The lowest BCUT2D eigenvalue weighted by Crippen LogP contribution is -2.42. The van der Waals surface area contributed by atoms with E-state index in [1.165, 1.54) is 12.1 Å². The van der Waals surface area contributed by atoms with Gasteiger partial charge in [0.2, 0.25) is 5.79 Å². The fraction of sp³-hybridized carbons (Fsp3) is 0.417. The Kier molecular flexibility index (Phi) is 6.36. The van der Waals surface area contributed by atoms with E-state index in [2.05, 4.69) is 11.9 Å². The second-order valence-corrected chi connectivity index (χ2v) is 8.10. The van der Waals surface area contributed by atoms with Gasteiger partial charge in [-0.3, -0.25) is 0 Å². The topological polar surface area (TPSA) is 39.7 Å². The number of hydrogen-bond donors (Lipinski definition) is 1. The van der Waals surface area contributed by atoms with Crippen molar-refractivity contribution >= 4 is 11.3 Å². The van der Waals surface area contributed by atoms with Gasteiger partial charge in [0.25, 0.3) is 0 Å². The van der Waals surface area contributed by atoms with E-state index >= 15 is 0 Å². The lowest BCUT2D eigenvalue weighted by molar-refractivity contribution is -0.429. The van der Waals surface area contributed by atoms with Crippen molar-refractivity contribution in [2.24, 2.45) is 0 Å². The van der Waals surface area contributed by atoms with Gasteiger partial charge in [0.15, 0.2) is 0 Å². The monoisotopic (exact) mass is 433 g/mol. The summed E-state index contributed by atoms with van der Waals surface area (Å²) in [6.07, 6.45) is -1.16. The normalized spacial score (nSPS) is 26.9. The largest absolute Gasteiger partial charge is 0.416 e. The zero-order chi connectivity index (χ0) is 21.9. The molecule has 0 radical (unpaired) electrons. The van der Waals surface area contributed by atoms with Crippen molar-refractivity contribution in [3.05, 3.63) is 72.3 Å². The van der Waals surface area contributed by atoms with E-state index in [1.807, 2.05) is 30.3 Å². The molecule has 0 amide bonds. The summed E-state index contributed by atoms with van der Waals surface area (Å²) in [6.45, 7) is 4.67. The van der Waals surface area contributed by atoms with Crippen molar-refractivity contribution in [3.8, 4) is 0 Å². The van der Waals surface area contributed by atoms with Crippen LogP contribution in [-0.4, -0.2) is 24.5 Å². The standard InChI is InChI=1S/C24H26F3NO3/c1-17(18-5-3-2-4-6-18)22-13-16-29-23(31-30-22)14-11-21(12-15-23)28-20-9-7-19(8-10-20)24(25,26)27/h2-10,21-22,28H,1,11-16H2. The zero-order valence-corrected chi connectivity index (χ0v) is 17.2. The van der Waals surface area contributed by atoms with Crippen molar-refractivity contribution in [3.63, 3.8) is 0 Å². The Labute approximate surface area is 179 Å². The molecule has 1 spiro atoms. The predicted octanol–water partition coefficient (Wildman–Crippen LogP) is 6.21. The molecule has 0 aromatic heterocycles. The molecular weight excluding hydrogens is 407 g/mol. The first-order valence-corrected chi connectivity index (χ1v) is 10.5. The minimum Gasteiger partial charge on any atom is -0.382 e. The highest BCUT2D eigenvalue weighted by Crippen LogP contribution is 2.38. The molecule has 7 heteroatoms. The third kappa shape index (κ3) is 5.29. The van der Waals surface area contributed by atoms with Gasteiger partial charge in [0.1, 0.15) is 6.10 Å². The van der Waals surface area contributed by atoms with Gasteiger partial charge in [-0.1, -0.05) is 36.9 Å². The Bertz CT molecular complexity index is 875. The van der Waals surface area contributed by atoms with Gasteiger partial charge in [-0.25, -0.2) is 9.78 Å². The van der Waals surface area contributed by atoms with E-state index < -0.39 is 17.5 Å². The summed E-state index contributed by atoms with van der Waals surface area (Å²) >= 11 is 0. The first-order chi connectivity index (χ1) is 14.8. The highest BCUT2D eigenvalue weighted by molar-refractivity contribution is 5.66. The van der Waals surface area contributed by atoms with E-state index in [1.54, 1.807) is 0 Å². The number of ether oxygens (including phenoxy) is 1. The molecule has 1 aliphatic carbocycles. The summed E-state index contributed by atoms with van der Waals surface area (Å²) in [4.78, 5) is 11.6. The Morgan fingerprint density at radius 3 is 2.29 bits per heavy atom. The third-order valence-corrected chi connectivity index (χ3v) is 5.92. The minimum atomic E-state index is -4.33. The van der Waals surface area contributed by atoms with Gasteiger partial charge >= 0.3 is 6.18 Å². The molecule has 2 fully saturated rings. The van der Waals surface area contributed by atoms with Crippen LogP contribution < -0.4 is 5.32 Å². The SMILES string of the molecule is C=C(c1ccccc1)C1CCOC2(CCC(Nc3ccc(C(F)(F)F)cc3)CC2)OO1. The smallest absolute Gasteiger partial charge is 0.382 e. The summed E-state index contributed by atoms with van der Waals surface area (Å²) < 4.78 is 44.2. The van der Waals surface area contributed by atoms with Crippen molar-refractivity contribution < 1.29 is 27.7 Å².